The number of carbonyl (C=O) groups excluding carboxylic acids is 2. The number of hydrogen-bond acceptors (Lipinski definition) is 3. The Bertz CT molecular complexity index is 364. The molecule has 114 valence electrons. The molecule has 2 N–H and O–H groups in total. The highest BCUT2D eigenvalue weighted by Crippen LogP contribution is 2.29. The maximum atomic E-state index is 11.8. The Morgan fingerprint density at radius 1 is 1.10 bits per heavy atom. The molecule has 0 spiro atoms. The van der Waals surface area contributed by atoms with Crippen molar-refractivity contribution in [3.05, 3.63) is 0 Å². The smallest absolute Gasteiger partial charge is 0.239 e. The molecule has 1 heterocycles. The minimum absolute atomic E-state index is 0.0764. The second-order valence-electron chi connectivity index (χ2n) is 7.04. The number of likely N-dealkylation sites (tertiary alicyclic amines) is 1. The van der Waals surface area contributed by atoms with E-state index in [0.29, 0.717) is 0 Å². The summed E-state index contributed by atoms with van der Waals surface area (Å²) in [6.07, 6.45) is 4.73. The van der Waals surface area contributed by atoms with E-state index in [-0.39, 0.29) is 24.4 Å². The summed E-state index contributed by atoms with van der Waals surface area (Å²) in [7, 11) is 0. The summed E-state index contributed by atoms with van der Waals surface area (Å²) < 4.78 is 0. The normalized spacial score (nSPS) is 21.6. The van der Waals surface area contributed by atoms with Crippen LogP contribution in [0.2, 0.25) is 0 Å². The number of piperidine rings is 1. The molecule has 2 aliphatic rings. The largest absolute Gasteiger partial charge is 0.352 e. The van der Waals surface area contributed by atoms with Crippen LogP contribution in [-0.4, -0.2) is 48.4 Å². The molecule has 2 amide bonds. The molecule has 5 nitrogen and oxygen atoms in total. The van der Waals surface area contributed by atoms with E-state index >= 15 is 0 Å². The van der Waals surface area contributed by atoms with Crippen molar-refractivity contribution in [1.82, 2.24) is 15.5 Å². The minimum atomic E-state index is -0.449. The van der Waals surface area contributed by atoms with E-state index in [9.17, 15) is 9.59 Å². The molecule has 2 rings (SSSR count). The van der Waals surface area contributed by atoms with Crippen LogP contribution in [0.4, 0.5) is 0 Å². The van der Waals surface area contributed by atoms with Gasteiger partial charge in [-0.15, -0.1) is 0 Å². The highest BCUT2D eigenvalue weighted by molar-refractivity contribution is 5.87. The van der Waals surface area contributed by atoms with Gasteiger partial charge < -0.3 is 15.5 Å². The monoisotopic (exact) mass is 281 g/mol. The third-order valence-electron chi connectivity index (χ3n) is 4.05. The van der Waals surface area contributed by atoms with Gasteiger partial charge in [0.25, 0.3) is 0 Å². The van der Waals surface area contributed by atoms with Gasteiger partial charge in [0.2, 0.25) is 11.8 Å². The Labute approximate surface area is 121 Å². The summed E-state index contributed by atoms with van der Waals surface area (Å²) in [5.41, 5.74) is -0.449. The first-order chi connectivity index (χ1) is 9.36. The highest BCUT2D eigenvalue weighted by Gasteiger charge is 2.32. The molecule has 1 saturated carbocycles. The van der Waals surface area contributed by atoms with Crippen molar-refractivity contribution in [3.8, 4) is 0 Å². The fraction of sp³-hybridized carbons (Fsp3) is 0.867. The maximum Gasteiger partial charge on any atom is 0.239 e. The van der Waals surface area contributed by atoms with Crippen LogP contribution in [0, 0.1) is 5.41 Å². The Kier molecular flexibility index (Phi) is 4.68. The van der Waals surface area contributed by atoms with Crippen molar-refractivity contribution in [3.63, 3.8) is 0 Å². The molecule has 20 heavy (non-hydrogen) atoms. The van der Waals surface area contributed by atoms with E-state index in [1.807, 2.05) is 20.8 Å². The number of nitrogens with one attached hydrogen (secondary N) is 2. The fourth-order valence-electron chi connectivity index (χ4n) is 2.55. The minimum Gasteiger partial charge on any atom is -0.352 e. The molecule has 0 aromatic carbocycles. The first-order valence-corrected chi connectivity index (χ1v) is 7.68. The van der Waals surface area contributed by atoms with Gasteiger partial charge >= 0.3 is 0 Å². The lowest BCUT2D eigenvalue weighted by atomic mass is 9.96. The number of nitrogens with zero attached hydrogens (tertiary/aromatic N) is 1. The maximum absolute atomic E-state index is 11.8. The zero-order valence-electron chi connectivity index (χ0n) is 12.9. The average molecular weight is 281 g/mol. The van der Waals surface area contributed by atoms with E-state index in [0.717, 1.165) is 32.0 Å². The summed E-state index contributed by atoms with van der Waals surface area (Å²) in [6, 6.07) is 1.08. The van der Waals surface area contributed by atoms with Crippen LogP contribution >= 0.6 is 0 Å². The van der Waals surface area contributed by atoms with Crippen molar-refractivity contribution in [2.24, 2.45) is 5.41 Å². The Morgan fingerprint density at radius 2 is 1.70 bits per heavy atom. The van der Waals surface area contributed by atoms with Crippen LogP contribution in [0.15, 0.2) is 0 Å². The molecule has 5 heteroatoms. The van der Waals surface area contributed by atoms with Crippen LogP contribution in [0.3, 0.4) is 0 Å². The predicted molar refractivity (Wildman–Crippen MR) is 78.2 cm³/mol. The van der Waals surface area contributed by atoms with Crippen LogP contribution < -0.4 is 10.6 Å². The number of amides is 2. The summed E-state index contributed by atoms with van der Waals surface area (Å²) in [5.74, 6) is -0.163. The molecule has 1 saturated heterocycles. The molecule has 0 aromatic heterocycles. The molecule has 0 bridgehead atoms. The summed E-state index contributed by atoms with van der Waals surface area (Å²) in [6.45, 7) is 7.78. The third kappa shape index (κ3) is 4.47. The van der Waals surface area contributed by atoms with Gasteiger partial charge in [0.05, 0.1) is 6.54 Å². The second-order valence-corrected chi connectivity index (χ2v) is 7.04. The topological polar surface area (TPSA) is 61.4 Å². The van der Waals surface area contributed by atoms with Gasteiger partial charge in [-0.3, -0.25) is 9.59 Å². The summed E-state index contributed by atoms with van der Waals surface area (Å²) >= 11 is 0. The fourth-order valence-corrected chi connectivity index (χ4v) is 2.55. The summed E-state index contributed by atoms with van der Waals surface area (Å²) in [4.78, 5) is 26.1. The Morgan fingerprint density at radius 3 is 2.20 bits per heavy atom. The molecule has 0 aromatic rings. The molecular formula is C15H27N3O2. The van der Waals surface area contributed by atoms with Crippen LogP contribution in [0.5, 0.6) is 0 Å². The molecule has 0 radical (unpaired) electrons. The van der Waals surface area contributed by atoms with Gasteiger partial charge in [0.1, 0.15) is 0 Å². The van der Waals surface area contributed by atoms with Crippen LogP contribution in [-0.2, 0) is 9.59 Å². The van der Waals surface area contributed by atoms with Crippen molar-refractivity contribution in [1.29, 1.82) is 0 Å². The van der Waals surface area contributed by atoms with Gasteiger partial charge in [0.15, 0.2) is 0 Å². The number of carbonyl (C=O) groups is 2. The quantitative estimate of drug-likeness (QED) is 0.804. The van der Waals surface area contributed by atoms with Crippen molar-refractivity contribution < 1.29 is 9.59 Å². The number of rotatable bonds is 4. The van der Waals surface area contributed by atoms with E-state index in [1.54, 1.807) is 0 Å². The molecule has 1 aliphatic heterocycles. The molecule has 0 unspecified atom stereocenters. The number of hydrogen-bond donors (Lipinski definition) is 2. The van der Waals surface area contributed by atoms with Gasteiger partial charge in [-0.05, 0) is 25.7 Å². The standard InChI is InChI=1S/C15H27N3O2/c1-15(2,3)14(20)16-10-13(19)17-11-6-8-18(9-7-11)12-4-5-12/h11-12H,4-10H2,1-3H3,(H,16,20)(H,17,19). The second kappa shape index (κ2) is 6.12. The zero-order chi connectivity index (χ0) is 14.8. The first-order valence-electron chi connectivity index (χ1n) is 7.68. The van der Waals surface area contributed by atoms with Crippen molar-refractivity contribution in [2.45, 2.75) is 58.5 Å². The lowest BCUT2D eigenvalue weighted by molar-refractivity contribution is -0.131. The predicted octanol–water partition coefficient (Wildman–Crippen LogP) is 0.892. The molecule has 1 aliphatic carbocycles. The lowest BCUT2D eigenvalue weighted by Crippen LogP contribution is -2.48. The van der Waals surface area contributed by atoms with E-state index in [4.69, 9.17) is 0 Å². The third-order valence-corrected chi connectivity index (χ3v) is 4.05. The lowest BCUT2D eigenvalue weighted by Gasteiger charge is -2.32. The van der Waals surface area contributed by atoms with Gasteiger partial charge in [-0.1, -0.05) is 20.8 Å². The Hall–Kier alpha value is -1.10. The van der Waals surface area contributed by atoms with Gasteiger partial charge in [-0.2, -0.15) is 0 Å². The molecule has 0 atom stereocenters. The molecular weight excluding hydrogens is 254 g/mol. The van der Waals surface area contributed by atoms with E-state index < -0.39 is 5.41 Å². The van der Waals surface area contributed by atoms with E-state index in [2.05, 4.69) is 15.5 Å². The first kappa shape index (κ1) is 15.3. The van der Waals surface area contributed by atoms with Crippen molar-refractivity contribution in [2.75, 3.05) is 19.6 Å². The molecule has 2 fully saturated rings. The average Bonchev–Trinajstić information content (AvgIpc) is 3.20. The highest BCUT2D eigenvalue weighted by atomic mass is 16.2. The van der Waals surface area contributed by atoms with Gasteiger partial charge in [0, 0.05) is 30.6 Å². The summed E-state index contributed by atoms with van der Waals surface area (Å²) in [5, 5.41) is 5.71. The van der Waals surface area contributed by atoms with E-state index in [1.165, 1.54) is 12.8 Å². The van der Waals surface area contributed by atoms with Crippen LogP contribution in [0.25, 0.3) is 0 Å². The Balaban J connectivity index is 1.63. The van der Waals surface area contributed by atoms with Gasteiger partial charge in [-0.25, -0.2) is 0 Å². The SMILES string of the molecule is CC(C)(C)C(=O)NCC(=O)NC1CCN(C2CC2)CC1. The van der Waals surface area contributed by atoms with Crippen LogP contribution in [0.1, 0.15) is 46.5 Å². The van der Waals surface area contributed by atoms with Crippen molar-refractivity contribution >= 4 is 11.8 Å². The zero-order valence-corrected chi connectivity index (χ0v) is 12.9.